The molecule has 0 aliphatic carbocycles. The van der Waals surface area contributed by atoms with Crippen LogP contribution in [-0.4, -0.2) is 38.3 Å². The van der Waals surface area contributed by atoms with E-state index < -0.39 is 5.60 Å². The zero-order chi connectivity index (χ0) is 18.3. The predicted molar refractivity (Wildman–Crippen MR) is 117 cm³/mol. The van der Waals surface area contributed by atoms with E-state index in [0.29, 0.717) is 24.8 Å². The Labute approximate surface area is 172 Å². The second-order valence-corrected chi connectivity index (χ2v) is 6.36. The van der Waals surface area contributed by atoms with Crippen molar-refractivity contribution in [2.45, 2.75) is 26.0 Å². The van der Waals surface area contributed by atoms with Crippen LogP contribution in [0.5, 0.6) is 0 Å². The lowest BCUT2D eigenvalue weighted by Gasteiger charge is -2.22. The first-order valence-electron chi connectivity index (χ1n) is 8.47. The van der Waals surface area contributed by atoms with Crippen LogP contribution in [0.1, 0.15) is 25.2 Å². The number of benzene rings is 1. The van der Waals surface area contributed by atoms with Gasteiger partial charge in [0.15, 0.2) is 5.96 Å². The van der Waals surface area contributed by atoms with E-state index in [2.05, 4.69) is 38.7 Å². The molecule has 0 fully saturated rings. The average molecular weight is 472 g/mol. The molecule has 1 aromatic heterocycles. The van der Waals surface area contributed by atoms with Crippen molar-refractivity contribution in [3.8, 4) is 0 Å². The molecule has 0 bridgehead atoms. The number of nitrogens with one attached hydrogen (secondary N) is 2. The van der Waals surface area contributed by atoms with Crippen LogP contribution < -0.4 is 15.5 Å². The van der Waals surface area contributed by atoms with Crippen LogP contribution in [0.25, 0.3) is 0 Å². The van der Waals surface area contributed by atoms with E-state index in [1.165, 1.54) is 0 Å². The lowest BCUT2D eigenvalue weighted by Crippen LogP contribution is -2.44. The summed E-state index contributed by atoms with van der Waals surface area (Å²) in [6.07, 6.45) is 1.56. The summed E-state index contributed by atoms with van der Waals surface area (Å²) >= 11 is 0. The molecule has 0 saturated heterocycles. The summed E-state index contributed by atoms with van der Waals surface area (Å²) in [5.41, 5.74) is 1.16. The van der Waals surface area contributed by atoms with Gasteiger partial charge in [-0.3, -0.25) is 0 Å². The van der Waals surface area contributed by atoms with Gasteiger partial charge in [-0.2, -0.15) is 0 Å². The van der Waals surface area contributed by atoms with E-state index in [1.54, 1.807) is 25.3 Å². The van der Waals surface area contributed by atoms with Crippen molar-refractivity contribution < 1.29 is 9.52 Å². The minimum Gasteiger partial charge on any atom is -0.466 e. The third kappa shape index (κ3) is 6.53. The fourth-order valence-corrected chi connectivity index (χ4v) is 2.37. The Kier molecular flexibility index (Phi) is 8.94. The molecule has 1 unspecified atom stereocenters. The maximum atomic E-state index is 10.5. The molecule has 144 valence electrons. The average Bonchev–Trinajstić information content (AvgIpc) is 3.13. The van der Waals surface area contributed by atoms with Crippen molar-refractivity contribution in [1.82, 2.24) is 10.6 Å². The van der Waals surface area contributed by atoms with Crippen LogP contribution in [-0.2, 0) is 12.1 Å². The Morgan fingerprint density at radius 2 is 2.00 bits per heavy atom. The molecule has 0 amide bonds. The monoisotopic (exact) mass is 472 g/mol. The van der Waals surface area contributed by atoms with Crippen LogP contribution in [0.3, 0.4) is 0 Å². The van der Waals surface area contributed by atoms with E-state index in [9.17, 15) is 5.11 Å². The van der Waals surface area contributed by atoms with Crippen molar-refractivity contribution in [1.29, 1.82) is 0 Å². The molecular formula is C19H29IN4O2. The Hall–Kier alpha value is -1.74. The maximum Gasteiger partial charge on any atom is 0.191 e. The number of furan rings is 1. The molecule has 2 aromatic rings. The van der Waals surface area contributed by atoms with Gasteiger partial charge in [-0.05, 0) is 43.7 Å². The number of rotatable bonds is 7. The van der Waals surface area contributed by atoms with Crippen molar-refractivity contribution in [3.63, 3.8) is 0 Å². The van der Waals surface area contributed by atoms with E-state index in [-0.39, 0.29) is 24.0 Å². The normalized spacial score (nSPS) is 13.5. The van der Waals surface area contributed by atoms with Crippen LogP contribution in [0.2, 0.25) is 0 Å². The van der Waals surface area contributed by atoms with E-state index >= 15 is 0 Å². The molecule has 0 saturated carbocycles. The van der Waals surface area contributed by atoms with E-state index in [4.69, 9.17) is 4.42 Å². The Balaban J connectivity index is 0.00000338. The lowest BCUT2D eigenvalue weighted by molar-refractivity contribution is 0.0386. The number of aliphatic imine (C=N–C) groups is 1. The van der Waals surface area contributed by atoms with Gasteiger partial charge >= 0.3 is 0 Å². The number of aliphatic hydroxyl groups is 1. The molecule has 1 heterocycles. The summed E-state index contributed by atoms with van der Waals surface area (Å²) in [5, 5.41) is 16.9. The molecule has 0 aliphatic rings. The van der Waals surface area contributed by atoms with Gasteiger partial charge in [-0.25, -0.2) is 4.99 Å². The number of halogens is 1. The van der Waals surface area contributed by atoms with Crippen molar-refractivity contribution in [3.05, 3.63) is 54.0 Å². The summed E-state index contributed by atoms with van der Waals surface area (Å²) in [5.74, 6) is 1.18. The van der Waals surface area contributed by atoms with E-state index in [1.807, 2.05) is 27.1 Å². The minimum atomic E-state index is -1.11. The Bertz CT molecular complexity index is 685. The van der Waals surface area contributed by atoms with Crippen LogP contribution in [0.4, 0.5) is 5.69 Å². The summed E-state index contributed by atoms with van der Waals surface area (Å²) in [6, 6.07) is 11.8. The summed E-state index contributed by atoms with van der Waals surface area (Å²) in [6.45, 7) is 5.31. The van der Waals surface area contributed by atoms with E-state index in [0.717, 1.165) is 17.8 Å². The third-order valence-corrected chi connectivity index (χ3v) is 3.84. The highest BCUT2D eigenvalue weighted by Crippen LogP contribution is 2.19. The van der Waals surface area contributed by atoms with Gasteiger partial charge in [0.05, 0.1) is 19.4 Å². The van der Waals surface area contributed by atoms with Crippen LogP contribution in [0.15, 0.2) is 52.1 Å². The largest absolute Gasteiger partial charge is 0.466 e. The number of nitrogens with zero attached hydrogens (tertiary/aromatic N) is 2. The molecule has 0 aliphatic heterocycles. The fourth-order valence-electron chi connectivity index (χ4n) is 2.37. The smallest absolute Gasteiger partial charge is 0.191 e. The second kappa shape index (κ2) is 10.4. The topological polar surface area (TPSA) is 73.0 Å². The highest BCUT2D eigenvalue weighted by atomic mass is 127. The highest BCUT2D eigenvalue weighted by molar-refractivity contribution is 14.0. The second-order valence-electron chi connectivity index (χ2n) is 6.36. The summed E-state index contributed by atoms with van der Waals surface area (Å²) < 4.78 is 5.30. The van der Waals surface area contributed by atoms with Gasteiger partial charge in [0.1, 0.15) is 11.4 Å². The van der Waals surface area contributed by atoms with Crippen molar-refractivity contribution in [2.75, 3.05) is 32.1 Å². The Morgan fingerprint density at radius 1 is 1.23 bits per heavy atom. The van der Waals surface area contributed by atoms with Gasteiger partial charge in [0, 0.05) is 26.3 Å². The molecule has 7 heteroatoms. The van der Waals surface area contributed by atoms with Crippen molar-refractivity contribution >= 4 is 35.6 Å². The van der Waals surface area contributed by atoms with Crippen LogP contribution >= 0.6 is 24.0 Å². The molecule has 3 N–H and O–H groups in total. The zero-order valence-corrected chi connectivity index (χ0v) is 18.2. The molecular weight excluding hydrogens is 443 g/mol. The SMILES string of the molecule is CCNC(=NCc1cccc(N(C)C)c1)NCC(C)(O)c1ccco1.I. The van der Waals surface area contributed by atoms with Gasteiger partial charge in [0.25, 0.3) is 0 Å². The molecule has 0 spiro atoms. The van der Waals surface area contributed by atoms with Gasteiger partial charge < -0.3 is 25.1 Å². The zero-order valence-electron chi connectivity index (χ0n) is 15.8. The molecule has 0 radical (unpaired) electrons. The summed E-state index contributed by atoms with van der Waals surface area (Å²) in [7, 11) is 4.04. The standard InChI is InChI=1S/C19H28N4O2.HI/c1-5-20-18(22-14-19(2,24)17-10-7-11-25-17)21-13-15-8-6-9-16(12-15)23(3)4;/h6-12,24H,5,13-14H2,1-4H3,(H2,20,21,22);1H. The summed E-state index contributed by atoms with van der Waals surface area (Å²) in [4.78, 5) is 6.67. The number of anilines is 1. The highest BCUT2D eigenvalue weighted by Gasteiger charge is 2.26. The molecule has 26 heavy (non-hydrogen) atoms. The quantitative estimate of drug-likeness (QED) is 0.329. The molecule has 1 aromatic carbocycles. The van der Waals surface area contributed by atoms with Crippen molar-refractivity contribution in [2.24, 2.45) is 4.99 Å². The number of hydrogen-bond acceptors (Lipinski definition) is 4. The minimum absolute atomic E-state index is 0. The lowest BCUT2D eigenvalue weighted by atomic mass is 10.0. The number of guanidine groups is 1. The number of hydrogen-bond donors (Lipinski definition) is 3. The molecule has 1 atom stereocenters. The predicted octanol–water partition coefficient (Wildman–Crippen LogP) is 2.93. The fraction of sp³-hybridized carbons (Fsp3) is 0.421. The van der Waals surface area contributed by atoms with Crippen LogP contribution in [0, 0.1) is 0 Å². The Morgan fingerprint density at radius 3 is 2.62 bits per heavy atom. The third-order valence-electron chi connectivity index (χ3n) is 3.84. The first-order valence-corrected chi connectivity index (χ1v) is 8.47. The first-order chi connectivity index (χ1) is 11.9. The maximum absolute atomic E-state index is 10.5. The molecule has 6 nitrogen and oxygen atoms in total. The van der Waals surface area contributed by atoms with Gasteiger partial charge in [-0.15, -0.1) is 24.0 Å². The van der Waals surface area contributed by atoms with Gasteiger partial charge in [0.2, 0.25) is 0 Å². The first kappa shape index (κ1) is 22.3. The van der Waals surface area contributed by atoms with Gasteiger partial charge in [-0.1, -0.05) is 12.1 Å². The molecule has 2 rings (SSSR count).